The van der Waals surface area contributed by atoms with Crippen LogP contribution in [0.4, 0.5) is 4.39 Å². The van der Waals surface area contributed by atoms with Crippen LogP contribution in [0.5, 0.6) is 11.6 Å². The molecule has 1 aliphatic carbocycles. The van der Waals surface area contributed by atoms with Gasteiger partial charge >= 0.3 is 5.97 Å². The first-order chi connectivity index (χ1) is 21.4. The predicted molar refractivity (Wildman–Crippen MR) is 155 cm³/mol. The number of rotatable bonds is 10. The Bertz CT molecular complexity index is 1800. The molecule has 226 valence electrons. The first-order valence-corrected chi connectivity index (χ1v) is 14.7. The smallest absolute Gasteiger partial charge is 0.335 e. The Hall–Kier alpha value is -4.60. The molecule has 0 spiro atoms. The number of hydrogen-bond donors (Lipinski definition) is 1. The number of aromatic carboxylic acids is 1. The number of carboxylic acid groups (broad SMARTS) is 1. The van der Waals surface area contributed by atoms with Crippen LogP contribution in [0.1, 0.15) is 52.4 Å². The van der Waals surface area contributed by atoms with Crippen LogP contribution >= 0.6 is 0 Å². The first kappa shape index (κ1) is 28.2. The van der Waals surface area contributed by atoms with Crippen molar-refractivity contribution in [2.75, 3.05) is 26.8 Å². The molecule has 7 rings (SSSR count). The van der Waals surface area contributed by atoms with E-state index >= 15 is 0 Å². The van der Waals surface area contributed by atoms with Crippen LogP contribution in [-0.4, -0.2) is 68.4 Å². The quantitative estimate of drug-likeness (QED) is 0.285. The average Bonchev–Trinajstić information content (AvgIpc) is 3.65. The van der Waals surface area contributed by atoms with Crippen molar-refractivity contribution >= 4 is 17.0 Å². The van der Waals surface area contributed by atoms with Crippen LogP contribution in [0.25, 0.3) is 11.0 Å². The topological polar surface area (TPSA) is 136 Å². The van der Waals surface area contributed by atoms with Crippen LogP contribution in [0, 0.1) is 23.1 Å². The maximum atomic E-state index is 14.7. The molecule has 3 unspecified atom stereocenters. The van der Waals surface area contributed by atoms with E-state index in [2.05, 4.69) is 25.5 Å². The van der Waals surface area contributed by atoms with Gasteiger partial charge in [-0.2, -0.15) is 14.6 Å². The number of likely N-dealkylation sites (tertiary alicyclic amines) is 1. The number of piperidine rings is 1. The van der Waals surface area contributed by atoms with Gasteiger partial charge in [0.1, 0.15) is 24.0 Å². The van der Waals surface area contributed by atoms with E-state index in [0.29, 0.717) is 41.7 Å². The van der Waals surface area contributed by atoms with Gasteiger partial charge in [0.25, 0.3) is 5.88 Å². The Balaban J connectivity index is 1.06. The highest BCUT2D eigenvalue weighted by molar-refractivity contribution is 5.92. The van der Waals surface area contributed by atoms with Crippen LogP contribution < -0.4 is 9.47 Å². The number of ether oxygens (including phenoxy) is 3. The number of aromatic nitrogens is 4. The van der Waals surface area contributed by atoms with Crippen molar-refractivity contribution in [1.29, 1.82) is 5.26 Å². The summed E-state index contributed by atoms with van der Waals surface area (Å²) in [5.41, 5.74) is 2.73. The Morgan fingerprint density at radius 1 is 1.27 bits per heavy atom. The molecule has 0 radical (unpaired) electrons. The fourth-order valence-electron chi connectivity index (χ4n) is 6.45. The second kappa shape index (κ2) is 11.2. The fraction of sp³-hybridized carbons (Fsp3) is 0.406. The minimum Gasteiger partial charge on any atom is -0.496 e. The number of carboxylic acids is 1. The summed E-state index contributed by atoms with van der Waals surface area (Å²) in [4.78, 5) is 27.8. The van der Waals surface area contributed by atoms with Gasteiger partial charge in [-0.05, 0) is 62.1 Å². The lowest BCUT2D eigenvalue weighted by molar-refractivity contribution is -0.0592. The molecule has 3 fully saturated rings. The van der Waals surface area contributed by atoms with Gasteiger partial charge in [0.15, 0.2) is 0 Å². The molecular weight excluding hydrogens is 567 g/mol. The summed E-state index contributed by atoms with van der Waals surface area (Å²) in [7, 11) is 1.51. The van der Waals surface area contributed by atoms with E-state index in [1.54, 1.807) is 36.4 Å². The summed E-state index contributed by atoms with van der Waals surface area (Å²) in [6.07, 6.45) is 3.98. The van der Waals surface area contributed by atoms with E-state index in [0.717, 1.165) is 55.8 Å². The fourth-order valence-corrected chi connectivity index (χ4v) is 6.45. The lowest BCUT2D eigenvalue weighted by atomic mass is 9.94. The molecular formula is C32H31FN6O5. The lowest BCUT2D eigenvalue weighted by Crippen LogP contribution is -2.38. The zero-order chi connectivity index (χ0) is 30.4. The molecule has 1 saturated carbocycles. The van der Waals surface area contributed by atoms with Crippen molar-refractivity contribution < 1.29 is 28.5 Å². The molecule has 44 heavy (non-hydrogen) atoms. The monoisotopic (exact) mass is 598 g/mol. The van der Waals surface area contributed by atoms with E-state index in [1.165, 1.54) is 13.3 Å². The number of benzene rings is 2. The van der Waals surface area contributed by atoms with Gasteiger partial charge in [-0.15, -0.1) is 0 Å². The van der Waals surface area contributed by atoms with E-state index in [4.69, 9.17) is 24.5 Å². The highest BCUT2D eigenvalue weighted by atomic mass is 19.1. The maximum Gasteiger partial charge on any atom is 0.335 e. The van der Waals surface area contributed by atoms with Gasteiger partial charge < -0.3 is 23.9 Å². The Morgan fingerprint density at radius 2 is 2.14 bits per heavy atom. The summed E-state index contributed by atoms with van der Waals surface area (Å²) in [5, 5.41) is 18.7. The van der Waals surface area contributed by atoms with E-state index < -0.39 is 11.8 Å². The molecule has 2 aliphatic heterocycles. The third kappa shape index (κ3) is 5.12. The maximum absolute atomic E-state index is 14.7. The molecule has 0 bridgehead atoms. The highest BCUT2D eigenvalue weighted by Gasteiger charge is 2.59. The average molecular weight is 599 g/mol. The summed E-state index contributed by atoms with van der Waals surface area (Å²) in [6.45, 7) is 3.65. The standard InChI is InChI=1S/C32H31FN6O5/c1-42-27-10-19(13-34)2-3-21(27)18-44-29-24(33)14-35-31(37-29)32-7-8-38(15-22(32)12-32)17-28-36-25-5-4-20(30(40)41)11-26(25)39(28)16-23-6-9-43-23/h2-5,10-11,14,22-23H,6-9,12,15-18H2,1H3,(H,40,41). The van der Waals surface area contributed by atoms with Gasteiger partial charge in [-0.1, -0.05) is 6.07 Å². The molecule has 2 aromatic carbocycles. The zero-order valence-electron chi connectivity index (χ0n) is 24.2. The van der Waals surface area contributed by atoms with Crippen LogP contribution in [0.2, 0.25) is 0 Å². The SMILES string of the molecule is COc1cc(C#N)ccc1COc1nc(C23CCN(Cc4nc5ccc(C(=O)O)cc5n4CC4CCO4)CC2C3)ncc1F. The summed E-state index contributed by atoms with van der Waals surface area (Å²) < 4.78 is 33.7. The summed E-state index contributed by atoms with van der Waals surface area (Å²) in [6, 6.07) is 12.1. The number of halogens is 1. The summed E-state index contributed by atoms with van der Waals surface area (Å²) in [5.74, 6) is 0.596. The highest BCUT2D eigenvalue weighted by Crippen LogP contribution is 2.58. The normalized spacial score (nSPS) is 22.6. The number of carbonyl (C=O) groups is 1. The zero-order valence-corrected chi connectivity index (χ0v) is 24.2. The van der Waals surface area contributed by atoms with Crippen molar-refractivity contribution in [2.24, 2.45) is 5.92 Å². The van der Waals surface area contributed by atoms with Crippen molar-refractivity contribution in [3.05, 3.63) is 76.8 Å². The van der Waals surface area contributed by atoms with E-state index in [1.807, 2.05) is 0 Å². The second-order valence-corrected chi connectivity index (χ2v) is 11.7. The number of hydrogen-bond acceptors (Lipinski definition) is 9. The van der Waals surface area contributed by atoms with Crippen molar-refractivity contribution in [1.82, 2.24) is 24.4 Å². The van der Waals surface area contributed by atoms with Gasteiger partial charge in [0.05, 0.1) is 60.7 Å². The number of imidazole rings is 1. The van der Waals surface area contributed by atoms with E-state index in [9.17, 15) is 14.3 Å². The molecule has 0 amide bonds. The van der Waals surface area contributed by atoms with Gasteiger partial charge in [0, 0.05) is 24.1 Å². The molecule has 4 heterocycles. The van der Waals surface area contributed by atoms with Gasteiger partial charge in [0.2, 0.25) is 5.82 Å². The third-order valence-electron chi connectivity index (χ3n) is 9.14. The number of fused-ring (bicyclic) bond motifs is 2. The molecule has 1 N–H and O–H groups in total. The van der Waals surface area contributed by atoms with Crippen LogP contribution in [-0.2, 0) is 29.8 Å². The molecule has 12 heteroatoms. The van der Waals surface area contributed by atoms with Gasteiger partial charge in [-0.25, -0.2) is 14.8 Å². The van der Waals surface area contributed by atoms with Gasteiger partial charge in [-0.3, -0.25) is 4.90 Å². The number of nitrogens with zero attached hydrogens (tertiary/aromatic N) is 6. The Labute approximate surface area is 252 Å². The Kier molecular flexibility index (Phi) is 7.14. The minimum absolute atomic E-state index is 0.0350. The second-order valence-electron chi connectivity index (χ2n) is 11.7. The molecule has 3 aliphatic rings. The lowest BCUT2D eigenvalue weighted by Gasteiger charge is -2.32. The third-order valence-corrected chi connectivity index (χ3v) is 9.14. The van der Waals surface area contributed by atoms with Crippen molar-refractivity contribution in [3.8, 4) is 17.7 Å². The molecule has 11 nitrogen and oxygen atoms in total. The van der Waals surface area contributed by atoms with Crippen molar-refractivity contribution in [2.45, 2.75) is 50.5 Å². The van der Waals surface area contributed by atoms with Crippen LogP contribution in [0.3, 0.4) is 0 Å². The Morgan fingerprint density at radius 3 is 2.86 bits per heavy atom. The minimum atomic E-state index is -0.965. The summed E-state index contributed by atoms with van der Waals surface area (Å²) >= 11 is 0. The van der Waals surface area contributed by atoms with Crippen molar-refractivity contribution in [3.63, 3.8) is 0 Å². The molecule has 4 aromatic rings. The molecule has 2 saturated heterocycles. The first-order valence-electron chi connectivity index (χ1n) is 14.7. The number of methoxy groups -OCH3 is 1. The number of nitriles is 1. The largest absolute Gasteiger partial charge is 0.496 e. The molecule has 2 aromatic heterocycles. The van der Waals surface area contributed by atoms with E-state index in [-0.39, 0.29) is 29.6 Å². The van der Waals surface area contributed by atoms with Crippen LogP contribution in [0.15, 0.2) is 42.6 Å². The predicted octanol–water partition coefficient (Wildman–Crippen LogP) is 4.08. The molecule has 3 atom stereocenters.